The monoisotopic (exact) mass is 297 g/mol. The SMILES string of the molecule is COc1ccc(/C=N\N=c2/sc3ccccc3n2C)cc1. The van der Waals surface area contributed by atoms with Crippen molar-refractivity contribution in [3.63, 3.8) is 0 Å². The Hall–Kier alpha value is -2.40. The molecule has 5 heteroatoms. The smallest absolute Gasteiger partial charge is 0.211 e. The predicted octanol–water partition coefficient (Wildman–Crippen LogP) is 3.18. The molecule has 3 rings (SSSR count). The molecule has 0 aliphatic carbocycles. The van der Waals surface area contributed by atoms with Crippen molar-refractivity contribution in [1.82, 2.24) is 4.57 Å². The summed E-state index contributed by atoms with van der Waals surface area (Å²) >= 11 is 1.63. The lowest BCUT2D eigenvalue weighted by Crippen LogP contribution is -2.08. The third-order valence-corrected chi connectivity index (χ3v) is 4.28. The van der Waals surface area contributed by atoms with E-state index in [4.69, 9.17) is 4.74 Å². The van der Waals surface area contributed by atoms with Gasteiger partial charge >= 0.3 is 0 Å². The lowest BCUT2D eigenvalue weighted by Gasteiger charge is -1.97. The Labute approximate surface area is 126 Å². The van der Waals surface area contributed by atoms with Gasteiger partial charge in [0.05, 0.1) is 23.5 Å². The maximum Gasteiger partial charge on any atom is 0.211 e. The van der Waals surface area contributed by atoms with Gasteiger partial charge in [0.2, 0.25) is 4.80 Å². The van der Waals surface area contributed by atoms with Crippen LogP contribution < -0.4 is 9.54 Å². The first-order valence-electron chi connectivity index (χ1n) is 6.53. The molecule has 0 spiro atoms. The number of hydrogen-bond donors (Lipinski definition) is 0. The number of benzene rings is 2. The number of para-hydroxylation sites is 1. The van der Waals surface area contributed by atoms with Crippen LogP contribution in [0.4, 0.5) is 0 Å². The van der Waals surface area contributed by atoms with E-state index in [1.165, 1.54) is 10.2 Å². The number of hydrogen-bond acceptors (Lipinski definition) is 4. The van der Waals surface area contributed by atoms with Crippen molar-refractivity contribution >= 4 is 27.8 Å². The first-order valence-corrected chi connectivity index (χ1v) is 7.35. The summed E-state index contributed by atoms with van der Waals surface area (Å²) in [5.41, 5.74) is 2.16. The minimum absolute atomic E-state index is 0.833. The highest BCUT2D eigenvalue weighted by Crippen LogP contribution is 2.15. The molecule has 21 heavy (non-hydrogen) atoms. The molecule has 0 atom stereocenters. The molecule has 0 unspecified atom stereocenters. The number of fused-ring (bicyclic) bond motifs is 1. The fourth-order valence-electron chi connectivity index (χ4n) is 2.01. The first kappa shape index (κ1) is 13.6. The van der Waals surface area contributed by atoms with Gasteiger partial charge < -0.3 is 9.30 Å². The molecule has 0 amide bonds. The van der Waals surface area contributed by atoms with Crippen molar-refractivity contribution in [3.05, 3.63) is 58.9 Å². The molecule has 0 saturated carbocycles. The van der Waals surface area contributed by atoms with E-state index in [1.807, 2.05) is 48.0 Å². The van der Waals surface area contributed by atoms with Gasteiger partial charge in [0, 0.05) is 7.05 Å². The summed E-state index contributed by atoms with van der Waals surface area (Å²) < 4.78 is 8.38. The van der Waals surface area contributed by atoms with Gasteiger partial charge in [0.25, 0.3) is 0 Å². The van der Waals surface area contributed by atoms with Crippen LogP contribution in [0.25, 0.3) is 10.2 Å². The minimum Gasteiger partial charge on any atom is -0.497 e. The lowest BCUT2D eigenvalue weighted by molar-refractivity contribution is 0.415. The Morgan fingerprint density at radius 3 is 2.57 bits per heavy atom. The first-order chi connectivity index (χ1) is 10.3. The molecule has 1 heterocycles. The molecular formula is C16H15N3OS. The summed E-state index contributed by atoms with van der Waals surface area (Å²) in [4.78, 5) is 0.876. The molecule has 0 N–H and O–H groups in total. The standard InChI is InChI=1S/C16H15N3OS/c1-19-14-5-3-4-6-15(14)21-16(19)18-17-11-12-7-9-13(20-2)10-8-12/h3-11H,1-2H3/b17-11-,18-16-. The Balaban J connectivity index is 1.89. The van der Waals surface area contributed by atoms with E-state index in [1.54, 1.807) is 24.7 Å². The fraction of sp³-hybridized carbons (Fsp3) is 0.125. The number of aromatic nitrogens is 1. The van der Waals surface area contributed by atoms with E-state index in [0.717, 1.165) is 16.1 Å². The average molecular weight is 297 g/mol. The number of nitrogens with zero attached hydrogens (tertiary/aromatic N) is 3. The minimum atomic E-state index is 0.833. The highest BCUT2D eigenvalue weighted by atomic mass is 32.1. The highest BCUT2D eigenvalue weighted by molar-refractivity contribution is 7.16. The predicted molar refractivity (Wildman–Crippen MR) is 86.9 cm³/mol. The van der Waals surface area contributed by atoms with Crippen molar-refractivity contribution in [1.29, 1.82) is 0 Å². The van der Waals surface area contributed by atoms with E-state index in [9.17, 15) is 0 Å². The Morgan fingerprint density at radius 1 is 1.10 bits per heavy atom. The van der Waals surface area contributed by atoms with Crippen LogP contribution in [0.2, 0.25) is 0 Å². The molecule has 0 saturated heterocycles. The molecule has 0 aliphatic heterocycles. The van der Waals surface area contributed by atoms with Gasteiger partial charge in [0.1, 0.15) is 5.75 Å². The zero-order valence-electron chi connectivity index (χ0n) is 11.9. The second-order valence-electron chi connectivity index (χ2n) is 4.53. The molecule has 106 valence electrons. The van der Waals surface area contributed by atoms with Gasteiger partial charge in [-0.25, -0.2) is 0 Å². The number of rotatable bonds is 3. The summed E-state index contributed by atoms with van der Waals surface area (Å²) in [6.07, 6.45) is 1.74. The number of thiazole rings is 1. The van der Waals surface area contributed by atoms with Crippen molar-refractivity contribution in [2.45, 2.75) is 0 Å². The Kier molecular flexibility index (Phi) is 3.83. The van der Waals surface area contributed by atoms with E-state index >= 15 is 0 Å². The van der Waals surface area contributed by atoms with E-state index < -0.39 is 0 Å². The van der Waals surface area contributed by atoms with Crippen LogP contribution in [0.15, 0.2) is 58.7 Å². The van der Waals surface area contributed by atoms with Crippen LogP contribution >= 0.6 is 11.3 Å². The summed E-state index contributed by atoms with van der Waals surface area (Å²) in [5.74, 6) is 0.833. The van der Waals surface area contributed by atoms with Gasteiger partial charge in [-0.05, 0) is 42.0 Å². The van der Waals surface area contributed by atoms with Crippen molar-refractivity contribution in [3.8, 4) is 5.75 Å². The van der Waals surface area contributed by atoms with Crippen LogP contribution in [-0.2, 0) is 7.05 Å². The molecule has 1 aromatic heterocycles. The molecule has 0 radical (unpaired) electrons. The summed E-state index contributed by atoms with van der Waals surface area (Å²) in [6, 6.07) is 15.9. The van der Waals surface area contributed by atoms with Gasteiger partial charge in [-0.2, -0.15) is 5.10 Å². The Bertz CT molecular complexity index is 844. The van der Waals surface area contributed by atoms with E-state index in [2.05, 4.69) is 22.3 Å². The highest BCUT2D eigenvalue weighted by Gasteiger charge is 2.00. The van der Waals surface area contributed by atoms with E-state index in [0.29, 0.717) is 0 Å². The van der Waals surface area contributed by atoms with E-state index in [-0.39, 0.29) is 0 Å². The zero-order valence-corrected chi connectivity index (χ0v) is 12.7. The normalized spacial score (nSPS) is 12.4. The second-order valence-corrected chi connectivity index (χ2v) is 5.54. The summed E-state index contributed by atoms with van der Waals surface area (Å²) in [6.45, 7) is 0. The lowest BCUT2D eigenvalue weighted by atomic mass is 10.2. The molecule has 4 nitrogen and oxygen atoms in total. The molecule has 3 aromatic rings. The molecule has 2 aromatic carbocycles. The van der Waals surface area contributed by atoms with Gasteiger partial charge in [-0.3, -0.25) is 0 Å². The third kappa shape index (κ3) is 2.87. The van der Waals surface area contributed by atoms with Gasteiger partial charge in [0.15, 0.2) is 0 Å². The van der Waals surface area contributed by atoms with Gasteiger partial charge in [-0.15, -0.1) is 5.10 Å². The summed E-state index contributed by atoms with van der Waals surface area (Å²) in [7, 11) is 3.65. The van der Waals surface area contributed by atoms with Crippen LogP contribution in [0, 0.1) is 0 Å². The third-order valence-electron chi connectivity index (χ3n) is 3.18. The van der Waals surface area contributed by atoms with Crippen LogP contribution in [0.1, 0.15) is 5.56 Å². The summed E-state index contributed by atoms with van der Waals surface area (Å²) in [5, 5.41) is 8.47. The Morgan fingerprint density at radius 2 is 1.86 bits per heavy atom. The molecular weight excluding hydrogens is 282 g/mol. The zero-order chi connectivity index (χ0) is 14.7. The number of aryl methyl sites for hydroxylation is 1. The number of ether oxygens (including phenoxy) is 1. The van der Waals surface area contributed by atoms with Crippen LogP contribution in [-0.4, -0.2) is 17.9 Å². The average Bonchev–Trinajstić information content (AvgIpc) is 2.85. The van der Waals surface area contributed by atoms with Crippen molar-refractivity contribution in [2.75, 3.05) is 7.11 Å². The molecule has 0 aliphatic rings. The van der Waals surface area contributed by atoms with Gasteiger partial charge in [-0.1, -0.05) is 23.5 Å². The van der Waals surface area contributed by atoms with Crippen LogP contribution in [0.3, 0.4) is 0 Å². The largest absolute Gasteiger partial charge is 0.497 e. The van der Waals surface area contributed by atoms with Crippen LogP contribution in [0.5, 0.6) is 5.75 Å². The maximum atomic E-state index is 5.12. The topological polar surface area (TPSA) is 38.9 Å². The van der Waals surface area contributed by atoms with Crippen molar-refractivity contribution in [2.24, 2.45) is 17.3 Å². The number of methoxy groups -OCH3 is 1. The quantitative estimate of drug-likeness (QED) is 0.540. The molecule has 0 bridgehead atoms. The fourth-order valence-corrected chi connectivity index (χ4v) is 2.99. The molecule has 0 fully saturated rings. The van der Waals surface area contributed by atoms with Crippen molar-refractivity contribution < 1.29 is 4.74 Å². The second kappa shape index (κ2) is 5.93. The maximum absolute atomic E-state index is 5.12.